The lowest BCUT2D eigenvalue weighted by molar-refractivity contribution is -0.146. The third-order valence-electron chi connectivity index (χ3n) is 4.51. The minimum Gasteiger partial charge on any atom is -0.366 e. The van der Waals surface area contributed by atoms with Crippen LogP contribution in [0.4, 0.5) is 4.39 Å². The number of likely N-dealkylation sites (tertiary alicyclic amines) is 1. The van der Waals surface area contributed by atoms with Gasteiger partial charge in [0.25, 0.3) is 5.91 Å². The van der Waals surface area contributed by atoms with Crippen LogP contribution in [0, 0.1) is 18.7 Å². The summed E-state index contributed by atoms with van der Waals surface area (Å²) in [7, 11) is 0. The van der Waals surface area contributed by atoms with Gasteiger partial charge in [0.15, 0.2) is 6.29 Å². The molecule has 138 valence electrons. The van der Waals surface area contributed by atoms with Crippen molar-refractivity contribution in [2.75, 3.05) is 6.54 Å². The number of aliphatic hydroxyl groups excluding tert-OH is 1. The second-order valence-corrected chi connectivity index (χ2v) is 6.83. The molecule has 0 spiro atoms. The van der Waals surface area contributed by atoms with Gasteiger partial charge in [0.05, 0.1) is 11.6 Å². The fourth-order valence-electron chi connectivity index (χ4n) is 3.09. The van der Waals surface area contributed by atoms with Crippen molar-refractivity contribution in [1.82, 2.24) is 10.2 Å². The second-order valence-electron chi connectivity index (χ2n) is 6.83. The Kier molecular flexibility index (Phi) is 6.13. The Bertz CT molecular complexity index is 648. The van der Waals surface area contributed by atoms with Gasteiger partial charge in [0, 0.05) is 6.54 Å². The summed E-state index contributed by atoms with van der Waals surface area (Å²) in [6, 6.07) is 2.73. The van der Waals surface area contributed by atoms with Crippen LogP contribution in [0.2, 0.25) is 0 Å². The topological polar surface area (TPSA) is 89.9 Å². The first-order valence-electron chi connectivity index (χ1n) is 8.46. The lowest BCUT2D eigenvalue weighted by Crippen LogP contribution is -2.54. The first-order valence-corrected chi connectivity index (χ1v) is 8.46. The fraction of sp³-hybridized carbons (Fsp3) is 0.556. The van der Waals surface area contributed by atoms with Crippen molar-refractivity contribution in [3.8, 4) is 0 Å². The number of rotatable bonds is 5. The average Bonchev–Trinajstić information content (AvgIpc) is 3.01. The molecule has 0 bridgehead atoms. The molecule has 3 N–H and O–H groups in total. The molecule has 0 aromatic heterocycles. The third kappa shape index (κ3) is 4.35. The predicted octanol–water partition coefficient (Wildman–Crippen LogP) is 1.19. The van der Waals surface area contributed by atoms with Gasteiger partial charge < -0.3 is 20.4 Å². The van der Waals surface area contributed by atoms with Crippen LogP contribution < -0.4 is 5.32 Å². The van der Waals surface area contributed by atoms with Crippen molar-refractivity contribution in [1.29, 1.82) is 0 Å². The Balaban J connectivity index is 2.17. The maximum Gasteiger partial charge on any atom is 0.254 e. The molecule has 1 aliphatic heterocycles. The van der Waals surface area contributed by atoms with Crippen molar-refractivity contribution in [3.63, 3.8) is 0 Å². The quantitative estimate of drug-likeness (QED) is 0.695. The Labute approximate surface area is 146 Å². The molecule has 0 radical (unpaired) electrons. The zero-order valence-electron chi connectivity index (χ0n) is 14.7. The highest BCUT2D eigenvalue weighted by atomic mass is 19.1. The van der Waals surface area contributed by atoms with Crippen molar-refractivity contribution in [2.45, 2.75) is 52.0 Å². The molecule has 1 saturated heterocycles. The molecule has 7 heteroatoms. The highest BCUT2D eigenvalue weighted by Gasteiger charge is 2.38. The SMILES string of the molecule is Cc1ccc(C(=O)N[C@H](C(=O)N2CCC[C@H]2C(O)O)C(C)C)c(F)c1. The van der Waals surface area contributed by atoms with Gasteiger partial charge >= 0.3 is 0 Å². The molecule has 1 aliphatic rings. The van der Waals surface area contributed by atoms with Crippen LogP contribution in [-0.4, -0.2) is 51.8 Å². The number of aliphatic hydroxyl groups is 2. The summed E-state index contributed by atoms with van der Waals surface area (Å²) < 4.78 is 14.0. The second kappa shape index (κ2) is 7.93. The monoisotopic (exact) mass is 352 g/mol. The van der Waals surface area contributed by atoms with E-state index in [0.717, 1.165) is 0 Å². The van der Waals surface area contributed by atoms with Crippen LogP contribution in [0.1, 0.15) is 42.6 Å². The van der Waals surface area contributed by atoms with E-state index in [2.05, 4.69) is 5.32 Å². The van der Waals surface area contributed by atoms with E-state index in [-0.39, 0.29) is 17.4 Å². The summed E-state index contributed by atoms with van der Waals surface area (Å²) in [4.78, 5) is 26.6. The lowest BCUT2D eigenvalue weighted by atomic mass is 10.0. The van der Waals surface area contributed by atoms with E-state index in [1.54, 1.807) is 26.8 Å². The number of halogens is 1. The highest BCUT2D eigenvalue weighted by molar-refractivity contribution is 5.98. The Morgan fingerprint density at radius 1 is 1.32 bits per heavy atom. The summed E-state index contributed by atoms with van der Waals surface area (Å²) in [5.74, 6) is -1.92. The minimum absolute atomic E-state index is 0.121. The van der Waals surface area contributed by atoms with Crippen LogP contribution in [0.3, 0.4) is 0 Å². The zero-order chi connectivity index (χ0) is 18.7. The third-order valence-corrected chi connectivity index (χ3v) is 4.51. The molecular formula is C18H25FN2O4. The van der Waals surface area contributed by atoms with Crippen LogP contribution in [-0.2, 0) is 4.79 Å². The summed E-state index contributed by atoms with van der Waals surface area (Å²) >= 11 is 0. The van der Waals surface area contributed by atoms with Gasteiger partial charge in [0.1, 0.15) is 11.9 Å². The number of aryl methyl sites for hydroxylation is 1. The van der Waals surface area contributed by atoms with E-state index in [9.17, 15) is 24.2 Å². The van der Waals surface area contributed by atoms with Gasteiger partial charge in [-0.15, -0.1) is 0 Å². The lowest BCUT2D eigenvalue weighted by Gasteiger charge is -2.31. The van der Waals surface area contributed by atoms with Crippen molar-refractivity contribution < 1.29 is 24.2 Å². The van der Waals surface area contributed by atoms with Gasteiger partial charge in [-0.1, -0.05) is 19.9 Å². The zero-order valence-corrected chi connectivity index (χ0v) is 14.7. The molecule has 2 amide bonds. The number of carbonyl (C=O) groups excluding carboxylic acids is 2. The van der Waals surface area contributed by atoms with Crippen LogP contribution in [0.5, 0.6) is 0 Å². The van der Waals surface area contributed by atoms with Gasteiger partial charge in [-0.05, 0) is 43.4 Å². The summed E-state index contributed by atoms with van der Waals surface area (Å²) in [5, 5.41) is 21.5. The number of benzene rings is 1. The Morgan fingerprint density at radius 2 is 2.00 bits per heavy atom. The maximum absolute atomic E-state index is 14.0. The molecule has 6 nitrogen and oxygen atoms in total. The molecule has 0 saturated carbocycles. The number of amides is 2. The van der Waals surface area contributed by atoms with Gasteiger partial charge in [-0.25, -0.2) is 4.39 Å². The van der Waals surface area contributed by atoms with Crippen molar-refractivity contribution in [2.24, 2.45) is 5.92 Å². The van der Waals surface area contributed by atoms with Gasteiger partial charge in [-0.3, -0.25) is 9.59 Å². The number of hydrogen-bond acceptors (Lipinski definition) is 4. The smallest absolute Gasteiger partial charge is 0.254 e. The van der Waals surface area contributed by atoms with Crippen molar-refractivity contribution in [3.05, 3.63) is 35.1 Å². The van der Waals surface area contributed by atoms with Crippen LogP contribution >= 0.6 is 0 Å². The molecule has 1 aromatic carbocycles. The van der Waals surface area contributed by atoms with Gasteiger partial charge in [0.2, 0.25) is 5.91 Å². The van der Waals surface area contributed by atoms with E-state index in [1.165, 1.54) is 17.0 Å². The first kappa shape index (κ1) is 19.3. The maximum atomic E-state index is 14.0. The molecule has 1 aromatic rings. The highest BCUT2D eigenvalue weighted by Crippen LogP contribution is 2.22. The largest absolute Gasteiger partial charge is 0.366 e. The minimum atomic E-state index is -1.62. The standard InChI is InChI=1S/C18H25FN2O4/c1-10(2)15(17(23)21-8-4-5-14(21)18(24)25)20-16(22)12-7-6-11(3)9-13(12)19/h6-7,9-10,14-15,18,24-25H,4-5,8H2,1-3H3,(H,20,22)/t14-,15-/m0/s1. The van der Waals surface area contributed by atoms with Crippen molar-refractivity contribution >= 4 is 11.8 Å². The Hall–Kier alpha value is -1.99. The summed E-state index contributed by atoms with van der Waals surface area (Å²) in [6.45, 7) is 5.67. The van der Waals surface area contributed by atoms with E-state index >= 15 is 0 Å². The van der Waals surface area contributed by atoms with E-state index in [0.29, 0.717) is 24.9 Å². The number of carbonyl (C=O) groups is 2. The normalized spacial score (nSPS) is 18.7. The molecule has 2 rings (SSSR count). The molecule has 1 heterocycles. The number of nitrogens with one attached hydrogen (secondary N) is 1. The summed E-state index contributed by atoms with van der Waals surface area (Å²) in [5.41, 5.74) is 0.576. The summed E-state index contributed by atoms with van der Waals surface area (Å²) in [6.07, 6.45) is -0.460. The average molecular weight is 352 g/mol. The number of hydrogen-bond donors (Lipinski definition) is 3. The molecule has 25 heavy (non-hydrogen) atoms. The van der Waals surface area contributed by atoms with Crippen LogP contribution in [0.15, 0.2) is 18.2 Å². The van der Waals surface area contributed by atoms with E-state index < -0.39 is 30.1 Å². The van der Waals surface area contributed by atoms with Crippen LogP contribution in [0.25, 0.3) is 0 Å². The van der Waals surface area contributed by atoms with Gasteiger partial charge in [-0.2, -0.15) is 0 Å². The Morgan fingerprint density at radius 3 is 2.56 bits per heavy atom. The molecule has 0 unspecified atom stereocenters. The van der Waals surface area contributed by atoms with E-state index in [1.807, 2.05) is 0 Å². The molecule has 2 atom stereocenters. The molecule has 1 fully saturated rings. The predicted molar refractivity (Wildman–Crippen MR) is 90.2 cm³/mol. The van der Waals surface area contributed by atoms with E-state index in [4.69, 9.17) is 0 Å². The first-order chi connectivity index (χ1) is 11.7. The number of nitrogens with zero attached hydrogens (tertiary/aromatic N) is 1. The molecular weight excluding hydrogens is 327 g/mol. The molecule has 0 aliphatic carbocycles. The fourth-order valence-corrected chi connectivity index (χ4v) is 3.09.